The molecule has 3 rings (SSSR count). The molecule has 0 unspecified atom stereocenters. The van der Waals surface area contributed by atoms with Crippen LogP contribution in [0, 0.1) is 0 Å². The van der Waals surface area contributed by atoms with Gasteiger partial charge in [0.25, 0.3) is 5.56 Å². The minimum Gasteiger partial charge on any atom is -0.395 e. The minimum absolute atomic E-state index is 0.0512. The predicted molar refractivity (Wildman–Crippen MR) is 72.6 cm³/mol. The van der Waals surface area contributed by atoms with E-state index in [1.807, 2.05) is 0 Å². The summed E-state index contributed by atoms with van der Waals surface area (Å²) in [4.78, 5) is 23.5. The van der Waals surface area contributed by atoms with Gasteiger partial charge in [-0.1, -0.05) is 0 Å². The van der Waals surface area contributed by atoms with E-state index in [0.717, 1.165) is 57.2 Å². The Morgan fingerprint density at radius 1 is 1.32 bits per heavy atom. The first-order valence-electron chi connectivity index (χ1n) is 6.95. The van der Waals surface area contributed by atoms with Crippen molar-refractivity contribution < 1.29 is 5.11 Å². The van der Waals surface area contributed by atoms with Gasteiger partial charge in [0, 0.05) is 44.7 Å². The average Bonchev–Trinajstić information content (AvgIpc) is 3.23. The number of aliphatic hydroxyl groups excluding tert-OH is 1. The molecule has 2 aliphatic rings. The first-order chi connectivity index (χ1) is 9.26. The topological polar surface area (TPSA) is 72.5 Å². The van der Waals surface area contributed by atoms with Crippen LogP contribution in [0.5, 0.6) is 0 Å². The fourth-order valence-electron chi connectivity index (χ4n) is 2.52. The highest BCUT2D eigenvalue weighted by molar-refractivity contribution is 5.38. The molecule has 1 aromatic heterocycles. The van der Waals surface area contributed by atoms with Gasteiger partial charge < -0.3 is 15.0 Å². The summed E-state index contributed by atoms with van der Waals surface area (Å²) in [5.74, 6) is 2.11. The number of hydrogen-bond donors (Lipinski definition) is 2. The summed E-state index contributed by atoms with van der Waals surface area (Å²) in [6.07, 6.45) is 2.27. The lowest BCUT2D eigenvalue weighted by Gasteiger charge is -2.35. The second kappa shape index (κ2) is 5.30. The van der Waals surface area contributed by atoms with Gasteiger partial charge in [0.2, 0.25) is 0 Å². The Hall–Kier alpha value is -1.40. The average molecular weight is 264 g/mol. The van der Waals surface area contributed by atoms with Crippen LogP contribution in [-0.4, -0.2) is 59.3 Å². The molecule has 1 aliphatic heterocycles. The largest absolute Gasteiger partial charge is 0.395 e. The molecule has 1 saturated heterocycles. The molecule has 1 saturated carbocycles. The van der Waals surface area contributed by atoms with Gasteiger partial charge >= 0.3 is 0 Å². The summed E-state index contributed by atoms with van der Waals surface area (Å²) < 4.78 is 0. The molecule has 0 bridgehead atoms. The number of H-pyrrole nitrogens is 1. The fraction of sp³-hybridized carbons (Fsp3) is 0.692. The highest BCUT2D eigenvalue weighted by Gasteiger charge is 2.27. The summed E-state index contributed by atoms with van der Waals surface area (Å²) in [7, 11) is 0. The molecule has 0 aromatic carbocycles. The number of β-amino-alcohol motifs (C(OH)–C–C–N with tert-alkyl or cyclic N) is 1. The Bertz CT molecular complexity index is 490. The summed E-state index contributed by atoms with van der Waals surface area (Å²) in [5, 5.41) is 8.93. The van der Waals surface area contributed by atoms with Crippen molar-refractivity contribution in [3.8, 4) is 0 Å². The second-order valence-corrected chi connectivity index (χ2v) is 5.32. The van der Waals surface area contributed by atoms with Crippen LogP contribution >= 0.6 is 0 Å². The van der Waals surface area contributed by atoms with Gasteiger partial charge in [0.1, 0.15) is 11.6 Å². The van der Waals surface area contributed by atoms with Gasteiger partial charge in [-0.25, -0.2) is 4.98 Å². The number of aliphatic hydroxyl groups is 1. The van der Waals surface area contributed by atoms with Crippen LogP contribution in [0.25, 0.3) is 0 Å². The van der Waals surface area contributed by atoms with Crippen molar-refractivity contribution in [3.63, 3.8) is 0 Å². The molecule has 2 N–H and O–H groups in total. The van der Waals surface area contributed by atoms with Crippen LogP contribution in [0.3, 0.4) is 0 Å². The number of aromatic amines is 1. The molecule has 0 radical (unpaired) electrons. The highest BCUT2D eigenvalue weighted by Crippen LogP contribution is 2.37. The first-order valence-corrected chi connectivity index (χ1v) is 6.95. The maximum absolute atomic E-state index is 11.7. The molecular formula is C13H20N4O2. The Kier molecular flexibility index (Phi) is 3.52. The number of nitrogens with one attached hydrogen (secondary N) is 1. The first kappa shape index (κ1) is 12.6. The van der Waals surface area contributed by atoms with Gasteiger partial charge in [0.05, 0.1) is 6.61 Å². The van der Waals surface area contributed by atoms with Gasteiger partial charge in [-0.15, -0.1) is 0 Å². The third-order valence-corrected chi connectivity index (χ3v) is 3.82. The molecule has 104 valence electrons. The van der Waals surface area contributed by atoms with Gasteiger partial charge in [-0.05, 0) is 12.8 Å². The Labute approximate surface area is 112 Å². The van der Waals surface area contributed by atoms with Crippen molar-refractivity contribution >= 4 is 5.82 Å². The standard InChI is InChI=1S/C13H20N4O2/c18-8-7-16-3-5-17(6-4-16)11-9-12(19)15-13(14-11)10-1-2-10/h9-10,18H,1-8H2,(H,14,15,19). The van der Waals surface area contributed by atoms with E-state index in [2.05, 4.69) is 19.8 Å². The van der Waals surface area contributed by atoms with Crippen molar-refractivity contribution in [2.24, 2.45) is 0 Å². The lowest BCUT2D eigenvalue weighted by molar-refractivity contribution is 0.188. The number of piperazine rings is 1. The molecule has 1 aliphatic carbocycles. The molecule has 0 amide bonds. The van der Waals surface area contributed by atoms with E-state index in [1.165, 1.54) is 0 Å². The number of hydrogen-bond acceptors (Lipinski definition) is 5. The third-order valence-electron chi connectivity index (χ3n) is 3.82. The molecule has 0 spiro atoms. The third kappa shape index (κ3) is 2.96. The van der Waals surface area contributed by atoms with Crippen LogP contribution < -0.4 is 10.5 Å². The molecule has 0 atom stereocenters. The summed E-state index contributed by atoms with van der Waals surface area (Å²) in [5.41, 5.74) is -0.0512. The highest BCUT2D eigenvalue weighted by atomic mass is 16.3. The molecule has 1 aromatic rings. The van der Waals surface area contributed by atoms with Gasteiger partial charge in [0.15, 0.2) is 0 Å². The van der Waals surface area contributed by atoms with E-state index in [9.17, 15) is 4.79 Å². The summed E-state index contributed by atoms with van der Waals surface area (Å²) >= 11 is 0. The van der Waals surface area contributed by atoms with Crippen LogP contribution in [0.15, 0.2) is 10.9 Å². The maximum Gasteiger partial charge on any atom is 0.252 e. The molecule has 6 nitrogen and oxygen atoms in total. The number of nitrogens with zero attached hydrogens (tertiary/aromatic N) is 3. The van der Waals surface area contributed by atoms with Crippen LogP contribution in [-0.2, 0) is 0 Å². The molecule has 2 fully saturated rings. The van der Waals surface area contributed by atoms with E-state index in [4.69, 9.17) is 5.11 Å². The number of rotatable bonds is 4. The number of aromatic nitrogens is 2. The second-order valence-electron chi connectivity index (χ2n) is 5.32. The van der Waals surface area contributed by atoms with Gasteiger partial charge in [-0.3, -0.25) is 9.69 Å². The Morgan fingerprint density at radius 2 is 2.05 bits per heavy atom. The zero-order valence-corrected chi connectivity index (χ0v) is 11.0. The summed E-state index contributed by atoms with van der Waals surface area (Å²) in [6, 6.07) is 1.59. The minimum atomic E-state index is -0.0512. The lowest BCUT2D eigenvalue weighted by Crippen LogP contribution is -2.47. The lowest BCUT2D eigenvalue weighted by atomic mass is 10.3. The van der Waals surface area contributed by atoms with Crippen LogP contribution in [0.2, 0.25) is 0 Å². The van der Waals surface area contributed by atoms with Crippen LogP contribution in [0.1, 0.15) is 24.6 Å². The van der Waals surface area contributed by atoms with E-state index in [-0.39, 0.29) is 12.2 Å². The van der Waals surface area contributed by atoms with Gasteiger partial charge in [-0.2, -0.15) is 0 Å². The molecular weight excluding hydrogens is 244 g/mol. The zero-order valence-electron chi connectivity index (χ0n) is 11.0. The normalized spacial score (nSPS) is 20.8. The maximum atomic E-state index is 11.7. The SMILES string of the molecule is O=c1cc(N2CCN(CCO)CC2)nc(C2CC2)[nH]1. The Morgan fingerprint density at radius 3 is 2.68 bits per heavy atom. The van der Waals surface area contributed by atoms with E-state index < -0.39 is 0 Å². The zero-order chi connectivity index (χ0) is 13.2. The number of anilines is 1. The molecule has 6 heteroatoms. The van der Waals surface area contributed by atoms with E-state index >= 15 is 0 Å². The van der Waals surface area contributed by atoms with Crippen LogP contribution in [0.4, 0.5) is 5.82 Å². The van der Waals surface area contributed by atoms with Crippen molar-refractivity contribution in [1.82, 2.24) is 14.9 Å². The summed E-state index contributed by atoms with van der Waals surface area (Å²) in [6.45, 7) is 4.47. The van der Waals surface area contributed by atoms with E-state index in [0.29, 0.717) is 5.92 Å². The molecule has 19 heavy (non-hydrogen) atoms. The van der Waals surface area contributed by atoms with E-state index in [1.54, 1.807) is 6.07 Å². The van der Waals surface area contributed by atoms with Crippen molar-refractivity contribution in [3.05, 3.63) is 22.2 Å². The predicted octanol–water partition coefficient (Wildman–Crippen LogP) is -0.238. The van der Waals surface area contributed by atoms with Crippen molar-refractivity contribution in [2.45, 2.75) is 18.8 Å². The van der Waals surface area contributed by atoms with Crippen molar-refractivity contribution in [1.29, 1.82) is 0 Å². The Balaban J connectivity index is 1.70. The molecule has 2 heterocycles. The van der Waals surface area contributed by atoms with Crippen molar-refractivity contribution in [2.75, 3.05) is 44.2 Å². The fourth-order valence-corrected chi connectivity index (χ4v) is 2.52. The smallest absolute Gasteiger partial charge is 0.252 e. The quantitative estimate of drug-likeness (QED) is 0.785. The monoisotopic (exact) mass is 264 g/mol.